The Morgan fingerprint density at radius 2 is 1.86 bits per heavy atom. The second-order valence-electron chi connectivity index (χ2n) is 4.61. The quantitative estimate of drug-likeness (QED) is 0.802. The second kappa shape index (κ2) is 6.44. The van der Waals surface area contributed by atoms with Gasteiger partial charge in [0.1, 0.15) is 10.7 Å². The van der Waals surface area contributed by atoms with E-state index in [1.54, 1.807) is 42.9 Å². The van der Waals surface area contributed by atoms with E-state index in [1.165, 1.54) is 23.5 Å². The van der Waals surface area contributed by atoms with E-state index in [0.29, 0.717) is 17.0 Å². The maximum Gasteiger partial charge on any atom is 0.267 e. The molecule has 0 aliphatic rings. The Kier molecular flexibility index (Phi) is 4.20. The predicted molar refractivity (Wildman–Crippen MR) is 83.5 cm³/mol. The smallest absolute Gasteiger partial charge is 0.267 e. The van der Waals surface area contributed by atoms with Gasteiger partial charge in [-0.25, -0.2) is 9.37 Å². The Balaban J connectivity index is 1.68. The van der Waals surface area contributed by atoms with Gasteiger partial charge in [0.2, 0.25) is 0 Å². The van der Waals surface area contributed by atoms with Crippen molar-refractivity contribution in [1.82, 2.24) is 9.97 Å². The molecule has 0 aliphatic heterocycles. The topological polar surface area (TPSA) is 54.9 Å². The maximum atomic E-state index is 12.9. The first-order valence-electron chi connectivity index (χ1n) is 6.61. The molecule has 22 heavy (non-hydrogen) atoms. The number of rotatable bonds is 4. The number of benzene rings is 1. The Morgan fingerprint density at radius 1 is 1.14 bits per heavy atom. The normalized spacial score (nSPS) is 10.4. The SMILES string of the molecule is O=C(Nc1ccncc1)c1cnc(Cc2ccc(F)cc2)s1. The summed E-state index contributed by atoms with van der Waals surface area (Å²) in [6.07, 6.45) is 5.36. The van der Waals surface area contributed by atoms with Crippen LogP contribution in [0.15, 0.2) is 55.0 Å². The van der Waals surface area contributed by atoms with Crippen molar-refractivity contribution in [3.8, 4) is 0 Å². The van der Waals surface area contributed by atoms with Gasteiger partial charge in [-0.1, -0.05) is 12.1 Å². The minimum atomic E-state index is -0.264. The van der Waals surface area contributed by atoms with Crippen LogP contribution in [0.3, 0.4) is 0 Å². The van der Waals surface area contributed by atoms with E-state index >= 15 is 0 Å². The third-order valence-corrected chi connectivity index (χ3v) is 3.98. The number of pyridine rings is 1. The van der Waals surface area contributed by atoms with Gasteiger partial charge < -0.3 is 5.32 Å². The predicted octanol–water partition coefficient (Wildman–Crippen LogP) is 3.52. The molecule has 3 aromatic rings. The molecule has 110 valence electrons. The molecule has 0 unspecified atom stereocenters. The highest BCUT2D eigenvalue weighted by Crippen LogP contribution is 2.18. The van der Waals surface area contributed by atoms with Crippen molar-refractivity contribution in [2.45, 2.75) is 6.42 Å². The van der Waals surface area contributed by atoms with Crippen molar-refractivity contribution in [3.05, 3.63) is 76.3 Å². The number of aromatic nitrogens is 2. The molecule has 0 fully saturated rings. The van der Waals surface area contributed by atoms with E-state index in [4.69, 9.17) is 0 Å². The summed E-state index contributed by atoms with van der Waals surface area (Å²) in [7, 11) is 0. The number of hydrogen-bond donors (Lipinski definition) is 1. The lowest BCUT2D eigenvalue weighted by Gasteiger charge is -2.01. The second-order valence-corrected chi connectivity index (χ2v) is 5.73. The summed E-state index contributed by atoms with van der Waals surface area (Å²) in [5, 5.41) is 3.60. The van der Waals surface area contributed by atoms with Crippen LogP contribution in [0.2, 0.25) is 0 Å². The van der Waals surface area contributed by atoms with Crippen LogP contribution < -0.4 is 5.32 Å². The molecule has 6 heteroatoms. The first-order valence-corrected chi connectivity index (χ1v) is 7.43. The Hall–Kier alpha value is -2.60. The number of carbonyl (C=O) groups is 1. The first kappa shape index (κ1) is 14.3. The summed E-state index contributed by atoms with van der Waals surface area (Å²) < 4.78 is 12.9. The zero-order valence-electron chi connectivity index (χ0n) is 11.5. The highest BCUT2D eigenvalue weighted by atomic mass is 32.1. The van der Waals surface area contributed by atoms with Gasteiger partial charge in [0.15, 0.2) is 0 Å². The van der Waals surface area contributed by atoms with Gasteiger partial charge in [0.05, 0.1) is 11.2 Å². The highest BCUT2D eigenvalue weighted by molar-refractivity contribution is 7.13. The van der Waals surface area contributed by atoms with Gasteiger partial charge in [-0.2, -0.15) is 0 Å². The lowest BCUT2D eigenvalue weighted by atomic mass is 10.2. The molecular weight excluding hydrogens is 301 g/mol. The van der Waals surface area contributed by atoms with Crippen LogP contribution in [0.4, 0.5) is 10.1 Å². The summed E-state index contributed by atoms with van der Waals surface area (Å²) in [5.41, 5.74) is 1.64. The summed E-state index contributed by atoms with van der Waals surface area (Å²) in [6.45, 7) is 0. The third kappa shape index (κ3) is 3.53. The van der Waals surface area contributed by atoms with Crippen molar-refractivity contribution in [2.75, 3.05) is 5.32 Å². The number of anilines is 1. The van der Waals surface area contributed by atoms with Crippen LogP contribution in [0.1, 0.15) is 20.2 Å². The molecule has 1 aromatic carbocycles. The zero-order chi connectivity index (χ0) is 15.4. The number of amides is 1. The average Bonchev–Trinajstić information content (AvgIpc) is 2.99. The van der Waals surface area contributed by atoms with E-state index < -0.39 is 0 Å². The van der Waals surface area contributed by atoms with Crippen molar-refractivity contribution >= 4 is 22.9 Å². The molecule has 2 heterocycles. The fourth-order valence-corrected chi connectivity index (χ4v) is 2.75. The van der Waals surface area contributed by atoms with Gasteiger partial charge in [0, 0.05) is 24.5 Å². The first-order chi connectivity index (χ1) is 10.7. The molecule has 0 bridgehead atoms. The van der Waals surface area contributed by atoms with Crippen molar-refractivity contribution in [2.24, 2.45) is 0 Å². The lowest BCUT2D eigenvalue weighted by molar-refractivity contribution is 0.103. The van der Waals surface area contributed by atoms with Crippen molar-refractivity contribution < 1.29 is 9.18 Å². The number of carbonyl (C=O) groups excluding carboxylic acids is 1. The molecule has 0 saturated carbocycles. The molecule has 3 rings (SSSR count). The molecule has 0 saturated heterocycles. The fraction of sp³-hybridized carbons (Fsp3) is 0.0625. The summed E-state index contributed by atoms with van der Waals surface area (Å²) >= 11 is 1.33. The monoisotopic (exact) mass is 313 g/mol. The third-order valence-electron chi connectivity index (χ3n) is 2.98. The number of nitrogens with one attached hydrogen (secondary N) is 1. The lowest BCUT2D eigenvalue weighted by Crippen LogP contribution is -2.09. The van der Waals surface area contributed by atoms with Crippen molar-refractivity contribution in [3.63, 3.8) is 0 Å². The number of nitrogens with zero attached hydrogens (tertiary/aromatic N) is 2. The summed E-state index contributed by atoms with van der Waals surface area (Å²) in [4.78, 5) is 20.8. The summed E-state index contributed by atoms with van der Waals surface area (Å²) in [5.74, 6) is -0.464. The van der Waals surface area contributed by atoms with Crippen LogP contribution in [-0.2, 0) is 6.42 Å². The van der Waals surface area contributed by atoms with Crippen LogP contribution in [-0.4, -0.2) is 15.9 Å². The van der Waals surface area contributed by atoms with Gasteiger partial charge in [-0.05, 0) is 29.8 Å². The average molecular weight is 313 g/mol. The van der Waals surface area contributed by atoms with E-state index in [1.807, 2.05) is 0 Å². The Morgan fingerprint density at radius 3 is 2.59 bits per heavy atom. The molecule has 0 aliphatic carbocycles. The minimum Gasteiger partial charge on any atom is -0.321 e. The number of hydrogen-bond acceptors (Lipinski definition) is 4. The molecule has 4 nitrogen and oxygen atoms in total. The van der Waals surface area contributed by atoms with Crippen LogP contribution in [0.5, 0.6) is 0 Å². The standard InChI is InChI=1S/C16H12FN3OS/c17-12-3-1-11(2-4-12)9-15-19-10-14(22-15)16(21)20-13-5-7-18-8-6-13/h1-8,10H,9H2,(H,18,20,21). The number of halogens is 1. The summed E-state index contributed by atoms with van der Waals surface area (Å²) in [6, 6.07) is 9.71. The van der Waals surface area contributed by atoms with Gasteiger partial charge in [0.25, 0.3) is 5.91 Å². The van der Waals surface area contributed by atoms with Crippen LogP contribution >= 0.6 is 11.3 Å². The number of thiazole rings is 1. The Labute approximate surface area is 130 Å². The molecule has 0 atom stereocenters. The largest absolute Gasteiger partial charge is 0.321 e. The van der Waals surface area contributed by atoms with Gasteiger partial charge in [-0.3, -0.25) is 9.78 Å². The zero-order valence-corrected chi connectivity index (χ0v) is 12.3. The minimum absolute atomic E-state index is 0.200. The van der Waals surface area contributed by atoms with E-state index in [9.17, 15) is 9.18 Å². The highest BCUT2D eigenvalue weighted by Gasteiger charge is 2.11. The van der Waals surface area contributed by atoms with Crippen molar-refractivity contribution in [1.29, 1.82) is 0 Å². The van der Waals surface area contributed by atoms with E-state index in [0.717, 1.165) is 10.6 Å². The van der Waals surface area contributed by atoms with Crippen LogP contribution in [0, 0.1) is 5.82 Å². The fourth-order valence-electron chi connectivity index (χ4n) is 1.90. The van der Waals surface area contributed by atoms with E-state index in [-0.39, 0.29) is 11.7 Å². The van der Waals surface area contributed by atoms with Gasteiger partial charge in [-0.15, -0.1) is 11.3 Å². The molecule has 0 spiro atoms. The Bertz CT molecular complexity index is 772. The molecule has 1 N–H and O–H groups in total. The maximum absolute atomic E-state index is 12.9. The van der Waals surface area contributed by atoms with Gasteiger partial charge >= 0.3 is 0 Å². The molecule has 2 aromatic heterocycles. The van der Waals surface area contributed by atoms with Crippen LogP contribution in [0.25, 0.3) is 0 Å². The molecule has 1 amide bonds. The molecular formula is C16H12FN3OS. The van der Waals surface area contributed by atoms with E-state index in [2.05, 4.69) is 15.3 Å². The molecule has 0 radical (unpaired) electrons.